The lowest BCUT2D eigenvalue weighted by atomic mass is 9.94. The number of nitrogens with zero attached hydrogens (tertiary/aromatic N) is 1. The van der Waals surface area contributed by atoms with E-state index in [2.05, 4.69) is 0 Å². The normalized spacial score (nSPS) is 17.8. The molecule has 1 saturated heterocycles. The summed E-state index contributed by atoms with van der Waals surface area (Å²) < 4.78 is 11.3. The number of methoxy groups -OCH3 is 1. The molecule has 6 heteroatoms. The van der Waals surface area contributed by atoms with Gasteiger partial charge >= 0.3 is 0 Å². The number of unbranched alkanes of at least 4 members (excludes halogenated alkanes) is 1. The SMILES string of the molecule is CCCCN1C(=O)C(=O)/C(=C(\O)c2ccc(OC)c(C)c2)C1c1ccccc1OC(C)C. The molecule has 0 saturated carbocycles. The monoisotopic (exact) mass is 437 g/mol. The molecule has 6 nitrogen and oxygen atoms in total. The molecule has 1 atom stereocenters. The van der Waals surface area contributed by atoms with E-state index in [0.717, 1.165) is 18.4 Å². The van der Waals surface area contributed by atoms with Crippen LogP contribution in [0.25, 0.3) is 5.76 Å². The molecule has 2 aromatic carbocycles. The zero-order valence-corrected chi connectivity index (χ0v) is 19.3. The third-order valence-corrected chi connectivity index (χ3v) is 5.54. The van der Waals surface area contributed by atoms with Gasteiger partial charge in [-0.1, -0.05) is 31.5 Å². The molecule has 1 aliphatic rings. The lowest BCUT2D eigenvalue weighted by Gasteiger charge is -2.27. The lowest BCUT2D eigenvalue weighted by molar-refractivity contribution is -0.139. The highest BCUT2D eigenvalue weighted by Crippen LogP contribution is 2.43. The van der Waals surface area contributed by atoms with Crippen LogP contribution in [0.2, 0.25) is 0 Å². The van der Waals surface area contributed by atoms with Crippen LogP contribution in [0.15, 0.2) is 48.0 Å². The number of rotatable bonds is 8. The van der Waals surface area contributed by atoms with E-state index >= 15 is 0 Å². The van der Waals surface area contributed by atoms with Crippen molar-refractivity contribution in [1.82, 2.24) is 4.90 Å². The number of Topliss-reactive ketones (excluding diaryl/α,β-unsaturated/α-hetero) is 1. The van der Waals surface area contributed by atoms with Gasteiger partial charge in [0, 0.05) is 17.7 Å². The smallest absolute Gasteiger partial charge is 0.295 e. The van der Waals surface area contributed by atoms with Crippen molar-refractivity contribution in [3.63, 3.8) is 0 Å². The molecule has 0 radical (unpaired) electrons. The summed E-state index contributed by atoms with van der Waals surface area (Å²) in [6.07, 6.45) is 1.54. The minimum Gasteiger partial charge on any atom is -0.507 e. The van der Waals surface area contributed by atoms with Gasteiger partial charge in [-0.2, -0.15) is 0 Å². The van der Waals surface area contributed by atoms with Crippen LogP contribution in [0.4, 0.5) is 0 Å². The fourth-order valence-corrected chi connectivity index (χ4v) is 4.01. The Bertz CT molecular complexity index is 1040. The summed E-state index contributed by atoms with van der Waals surface area (Å²) in [7, 11) is 1.58. The Morgan fingerprint density at radius 1 is 1.12 bits per heavy atom. The average Bonchev–Trinajstić information content (AvgIpc) is 3.01. The number of carbonyl (C=O) groups excluding carboxylic acids is 2. The Balaban J connectivity index is 2.21. The Kier molecular flexibility index (Phi) is 7.23. The zero-order chi connectivity index (χ0) is 23.4. The predicted molar refractivity (Wildman–Crippen MR) is 124 cm³/mol. The molecule has 0 spiro atoms. The Labute approximate surface area is 189 Å². The number of carbonyl (C=O) groups is 2. The van der Waals surface area contributed by atoms with Crippen molar-refractivity contribution >= 4 is 17.4 Å². The second-order valence-electron chi connectivity index (χ2n) is 8.23. The van der Waals surface area contributed by atoms with Gasteiger partial charge in [-0.25, -0.2) is 0 Å². The van der Waals surface area contributed by atoms with Crippen molar-refractivity contribution in [2.45, 2.75) is 52.7 Å². The van der Waals surface area contributed by atoms with E-state index in [1.54, 1.807) is 30.2 Å². The second kappa shape index (κ2) is 9.90. The van der Waals surface area contributed by atoms with E-state index < -0.39 is 17.7 Å². The van der Waals surface area contributed by atoms with Crippen LogP contribution in [-0.4, -0.2) is 41.5 Å². The first-order chi connectivity index (χ1) is 15.3. The number of ketones is 1. The molecule has 0 bridgehead atoms. The lowest BCUT2D eigenvalue weighted by Crippen LogP contribution is -2.31. The maximum Gasteiger partial charge on any atom is 0.295 e. The van der Waals surface area contributed by atoms with Gasteiger partial charge in [0.05, 0.1) is 24.8 Å². The van der Waals surface area contributed by atoms with Crippen molar-refractivity contribution in [3.8, 4) is 11.5 Å². The van der Waals surface area contributed by atoms with Gasteiger partial charge in [0.2, 0.25) is 0 Å². The molecule has 1 unspecified atom stereocenters. The molecule has 32 heavy (non-hydrogen) atoms. The first-order valence-corrected chi connectivity index (χ1v) is 11.0. The molecule has 1 aliphatic heterocycles. The quantitative estimate of drug-likeness (QED) is 0.357. The van der Waals surface area contributed by atoms with Crippen molar-refractivity contribution < 1.29 is 24.2 Å². The van der Waals surface area contributed by atoms with Crippen molar-refractivity contribution in [3.05, 3.63) is 64.7 Å². The highest BCUT2D eigenvalue weighted by Gasteiger charge is 2.46. The van der Waals surface area contributed by atoms with Crippen LogP contribution in [0.5, 0.6) is 11.5 Å². The van der Waals surface area contributed by atoms with Crippen molar-refractivity contribution in [2.75, 3.05) is 13.7 Å². The summed E-state index contributed by atoms with van der Waals surface area (Å²) in [6.45, 7) is 8.15. The minimum absolute atomic E-state index is 0.0791. The van der Waals surface area contributed by atoms with Crippen LogP contribution in [0.1, 0.15) is 56.3 Å². The van der Waals surface area contributed by atoms with Crippen LogP contribution in [0, 0.1) is 6.92 Å². The van der Waals surface area contributed by atoms with E-state index in [-0.39, 0.29) is 17.4 Å². The summed E-state index contributed by atoms with van der Waals surface area (Å²) >= 11 is 0. The van der Waals surface area contributed by atoms with Gasteiger partial charge in [-0.3, -0.25) is 9.59 Å². The predicted octanol–water partition coefficient (Wildman–Crippen LogP) is 5.01. The Morgan fingerprint density at radius 2 is 1.84 bits per heavy atom. The molecule has 1 N–H and O–H groups in total. The first kappa shape index (κ1) is 23.4. The summed E-state index contributed by atoms with van der Waals surface area (Å²) in [4.78, 5) is 27.7. The number of hydrogen-bond donors (Lipinski definition) is 1. The standard InChI is InChI=1S/C26H31NO5/c1-6-7-14-27-23(19-10-8-9-11-21(19)32-16(2)3)22(25(29)26(27)30)24(28)18-12-13-20(31-5)17(4)15-18/h8-13,15-16,23,28H,6-7,14H2,1-5H3/b24-22-. The number of amides is 1. The van der Waals surface area contributed by atoms with Gasteiger partial charge in [0.25, 0.3) is 11.7 Å². The van der Waals surface area contributed by atoms with Crippen molar-refractivity contribution in [1.29, 1.82) is 0 Å². The van der Waals surface area contributed by atoms with Gasteiger partial charge in [0.1, 0.15) is 17.3 Å². The number of hydrogen-bond acceptors (Lipinski definition) is 5. The van der Waals surface area contributed by atoms with Crippen LogP contribution >= 0.6 is 0 Å². The highest BCUT2D eigenvalue weighted by atomic mass is 16.5. The van der Waals surface area contributed by atoms with Gasteiger partial charge < -0.3 is 19.5 Å². The topological polar surface area (TPSA) is 76.1 Å². The molecular formula is C26H31NO5. The van der Waals surface area contributed by atoms with E-state index in [4.69, 9.17) is 9.47 Å². The van der Waals surface area contributed by atoms with Gasteiger partial charge in [0.15, 0.2) is 0 Å². The molecule has 0 aliphatic carbocycles. The fraction of sp³-hybridized carbons (Fsp3) is 0.385. The molecule has 2 aromatic rings. The molecule has 0 aromatic heterocycles. The third-order valence-electron chi connectivity index (χ3n) is 5.54. The van der Waals surface area contributed by atoms with Crippen LogP contribution in [0.3, 0.4) is 0 Å². The molecule has 170 valence electrons. The molecule has 1 heterocycles. The zero-order valence-electron chi connectivity index (χ0n) is 19.3. The van der Waals surface area contributed by atoms with E-state index in [9.17, 15) is 14.7 Å². The summed E-state index contributed by atoms with van der Waals surface area (Å²) in [6, 6.07) is 11.8. The number of aliphatic hydroxyl groups is 1. The minimum atomic E-state index is -0.723. The number of ether oxygens (including phenoxy) is 2. The second-order valence-corrected chi connectivity index (χ2v) is 8.23. The average molecular weight is 438 g/mol. The van der Waals surface area contributed by atoms with Gasteiger partial charge in [-0.15, -0.1) is 0 Å². The van der Waals surface area contributed by atoms with E-state index in [0.29, 0.717) is 29.2 Å². The Morgan fingerprint density at radius 3 is 2.47 bits per heavy atom. The Hall–Kier alpha value is -3.28. The molecule has 1 fully saturated rings. The van der Waals surface area contributed by atoms with Crippen LogP contribution < -0.4 is 9.47 Å². The number of para-hydroxylation sites is 1. The number of aliphatic hydroxyl groups excluding tert-OH is 1. The fourth-order valence-electron chi connectivity index (χ4n) is 4.01. The highest BCUT2D eigenvalue weighted by molar-refractivity contribution is 6.46. The van der Waals surface area contributed by atoms with E-state index in [1.807, 2.05) is 52.0 Å². The molecule has 3 rings (SSSR count). The summed E-state index contributed by atoms with van der Waals surface area (Å²) in [5.74, 6) is -0.214. The van der Waals surface area contributed by atoms with Crippen LogP contribution in [-0.2, 0) is 9.59 Å². The summed E-state index contributed by atoms with van der Waals surface area (Å²) in [5.41, 5.74) is 2.04. The maximum atomic E-state index is 13.1. The molecule has 1 amide bonds. The number of likely N-dealkylation sites (tertiary alicyclic amines) is 1. The summed E-state index contributed by atoms with van der Waals surface area (Å²) in [5, 5.41) is 11.2. The third kappa shape index (κ3) is 4.49. The maximum absolute atomic E-state index is 13.1. The largest absolute Gasteiger partial charge is 0.507 e. The molecular weight excluding hydrogens is 406 g/mol. The van der Waals surface area contributed by atoms with Crippen molar-refractivity contribution in [2.24, 2.45) is 0 Å². The van der Waals surface area contributed by atoms with Gasteiger partial charge in [-0.05, 0) is 57.0 Å². The number of benzene rings is 2. The van der Waals surface area contributed by atoms with E-state index in [1.165, 1.54) is 0 Å². The first-order valence-electron chi connectivity index (χ1n) is 11.0. The number of aryl methyl sites for hydroxylation is 1.